The zero-order valence-electron chi connectivity index (χ0n) is 12.2. The molecular formula is C15H23N3O2. The van der Waals surface area contributed by atoms with Crippen LogP contribution in [0.5, 0.6) is 0 Å². The second-order valence-electron chi connectivity index (χ2n) is 5.54. The number of nitrogens with one attached hydrogen (secondary N) is 1. The number of likely N-dealkylation sites (tertiary alicyclic amines) is 1. The Morgan fingerprint density at radius 3 is 3.00 bits per heavy atom. The Morgan fingerprint density at radius 1 is 1.55 bits per heavy atom. The molecule has 0 radical (unpaired) electrons. The number of aromatic nitrogens is 1. The Morgan fingerprint density at radius 2 is 2.35 bits per heavy atom. The molecular weight excluding hydrogens is 254 g/mol. The van der Waals surface area contributed by atoms with Crippen LogP contribution in [0.2, 0.25) is 0 Å². The van der Waals surface area contributed by atoms with Crippen LogP contribution < -0.4 is 5.32 Å². The Hall–Kier alpha value is -1.62. The van der Waals surface area contributed by atoms with Crippen molar-refractivity contribution < 1.29 is 9.90 Å². The average molecular weight is 277 g/mol. The number of anilines is 1. The lowest BCUT2D eigenvalue weighted by atomic mass is 9.98. The predicted molar refractivity (Wildman–Crippen MR) is 79.3 cm³/mol. The van der Waals surface area contributed by atoms with Gasteiger partial charge >= 0.3 is 5.97 Å². The number of piperidine rings is 1. The van der Waals surface area contributed by atoms with Gasteiger partial charge in [-0.05, 0) is 50.9 Å². The topological polar surface area (TPSA) is 65.5 Å². The number of carboxylic acid groups (broad SMARTS) is 1. The molecule has 110 valence electrons. The molecule has 1 aliphatic heterocycles. The number of rotatable bonds is 5. The van der Waals surface area contributed by atoms with Gasteiger partial charge in [-0.25, -0.2) is 9.78 Å². The maximum Gasteiger partial charge on any atom is 0.335 e. The highest BCUT2D eigenvalue weighted by Gasteiger charge is 2.17. The molecule has 0 saturated carbocycles. The van der Waals surface area contributed by atoms with E-state index < -0.39 is 5.97 Å². The summed E-state index contributed by atoms with van der Waals surface area (Å²) in [5.41, 5.74) is 1.12. The van der Waals surface area contributed by atoms with E-state index in [2.05, 4.69) is 22.2 Å². The number of aryl methyl sites for hydroxylation is 1. The van der Waals surface area contributed by atoms with Crippen molar-refractivity contribution >= 4 is 11.8 Å². The molecule has 0 amide bonds. The van der Waals surface area contributed by atoms with Crippen molar-refractivity contribution in [2.24, 2.45) is 5.92 Å². The van der Waals surface area contributed by atoms with Crippen molar-refractivity contribution in [1.82, 2.24) is 9.88 Å². The fraction of sp³-hybridized carbons (Fsp3) is 0.600. The molecule has 0 aromatic carbocycles. The molecule has 1 aliphatic rings. The fourth-order valence-corrected chi connectivity index (χ4v) is 2.67. The lowest BCUT2D eigenvalue weighted by Crippen LogP contribution is -2.35. The number of carbonyl (C=O) groups is 1. The van der Waals surface area contributed by atoms with Gasteiger partial charge < -0.3 is 15.3 Å². The summed E-state index contributed by atoms with van der Waals surface area (Å²) in [7, 11) is 2.14. The van der Waals surface area contributed by atoms with Crippen molar-refractivity contribution in [3.63, 3.8) is 0 Å². The van der Waals surface area contributed by atoms with Crippen LogP contribution in [0.25, 0.3) is 0 Å². The summed E-state index contributed by atoms with van der Waals surface area (Å²) >= 11 is 0. The van der Waals surface area contributed by atoms with Crippen LogP contribution in [-0.4, -0.2) is 47.6 Å². The third-order valence-electron chi connectivity index (χ3n) is 3.78. The lowest BCUT2D eigenvalue weighted by molar-refractivity contribution is 0.0696. The van der Waals surface area contributed by atoms with E-state index in [1.165, 1.54) is 19.4 Å². The van der Waals surface area contributed by atoms with Gasteiger partial charge in [-0.15, -0.1) is 0 Å². The highest BCUT2D eigenvalue weighted by molar-refractivity contribution is 5.88. The first-order valence-corrected chi connectivity index (χ1v) is 7.25. The third-order valence-corrected chi connectivity index (χ3v) is 3.78. The molecule has 1 unspecified atom stereocenters. The molecule has 1 saturated heterocycles. The first-order chi connectivity index (χ1) is 9.58. The molecule has 20 heavy (non-hydrogen) atoms. The molecule has 0 aliphatic carbocycles. The van der Waals surface area contributed by atoms with Crippen molar-refractivity contribution in [2.75, 3.05) is 32.0 Å². The van der Waals surface area contributed by atoms with E-state index in [9.17, 15) is 4.79 Å². The maximum absolute atomic E-state index is 11.1. The van der Waals surface area contributed by atoms with Crippen LogP contribution in [0.15, 0.2) is 12.1 Å². The molecule has 0 spiro atoms. The summed E-state index contributed by atoms with van der Waals surface area (Å²) in [5.74, 6) is 0.381. The predicted octanol–water partition coefficient (Wildman–Crippen LogP) is 2.10. The first-order valence-electron chi connectivity index (χ1n) is 7.25. The minimum absolute atomic E-state index is 0.306. The number of hydrogen-bond donors (Lipinski definition) is 2. The molecule has 5 heteroatoms. The van der Waals surface area contributed by atoms with Gasteiger partial charge in [0.2, 0.25) is 0 Å². The number of aromatic carboxylic acids is 1. The van der Waals surface area contributed by atoms with Gasteiger partial charge in [-0.3, -0.25) is 0 Å². The Bertz CT molecular complexity index is 476. The first kappa shape index (κ1) is 14.8. The molecule has 1 fully saturated rings. The zero-order chi connectivity index (χ0) is 14.5. The summed E-state index contributed by atoms with van der Waals surface area (Å²) < 4.78 is 0. The average Bonchev–Trinajstić information content (AvgIpc) is 2.45. The van der Waals surface area contributed by atoms with Gasteiger partial charge in [-0.2, -0.15) is 0 Å². The van der Waals surface area contributed by atoms with E-state index in [0.29, 0.717) is 17.3 Å². The van der Waals surface area contributed by atoms with E-state index >= 15 is 0 Å². The van der Waals surface area contributed by atoms with Gasteiger partial charge in [-0.1, -0.05) is 6.92 Å². The summed E-state index contributed by atoms with van der Waals surface area (Å²) in [6.45, 7) is 5.09. The van der Waals surface area contributed by atoms with Crippen LogP contribution in [0.4, 0.5) is 5.82 Å². The number of hydrogen-bond acceptors (Lipinski definition) is 4. The fourth-order valence-electron chi connectivity index (χ4n) is 2.67. The van der Waals surface area contributed by atoms with Crippen LogP contribution in [-0.2, 0) is 6.42 Å². The Kier molecular flexibility index (Phi) is 4.95. The normalized spacial score (nSPS) is 19.8. The second-order valence-corrected chi connectivity index (χ2v) is 5.54. The van der Waals surface area contributed by atoms with Gasteiger partial charge in [0.25, 0.3) is 0 Å². The third kappa shape index (κ3) is 3.93. The molecule has 0 bridgehead atoms. The monoisotopic (exact) mass is 277 g/mol. The van der Waals surface area contributed by atoms with Crippen molar-refractivity contribution in [3.05, 3.63) is 23.4 Å². The van der Waals surface area contributed by atoms with E-state index in [4.69, 9.17) is 5.11 Å². The Balaban J connectivity index is 2.01. The summed E-state index contributed by atoms with van der Waals surface area (Å²) in [4.78, 5) is 17.9. The van der Waals surface area contributed by atoms with Gasteiger partial charge in [0.05, 0.1) is 5.56 Å². The minimum Gasteiger partial charge on any atom is -0.478 e. The molecule has 2 rings (SSSR count). The van der Waals surface area contributed by atoms with Crippen LogP contribution >= 0.6 is 0 Å². The van der Waals surface area contributed by atoms with Crippen molar-refractivity contribution in [1.29, 1.82) is 0 Å². The second kappa shape index (κ2) is 6.70. The smallest absolute Gasteiger partial charge is 0.335 e. The molecule has 5 nitrogen and oxygen atoms in total. The SMILES string of the molecule is CCc1cc(C(=O)O)cc(NCC2CCCN(C)C2)n1. The van der Waals surface area contributed by atoms with Gasteiger partial charge in [0, 0.05) is 18.8 Å². The van der Waals surface area contributed by atoms with Crippen LogP contribution in [0, 0.1) is 5.92 Å². The number of carboxylic acids is 1. The van der Waals surface area contributed by atoms with E-state index in [-0.39, 0.29) is 0 Å². The highest BCUT2D eigenvalue weighted by atomic mass is 16.4. The number of nitrogens with zero attached hydrogens (tertiary/aromatic N) is 2. The van der Waals surface area contributed by atoms with Crippen LogP contribution in [0.3, 0.4) is 0 Å². The molecule has 2 N–H and O–H groups in total. The minimum atomic E-state index is -0.900. The summed E-state index contributed by atoms with van der Waals surface area (Å²) in [5, 5.41) is 12.4. The largest absolute Gasteiger partial charge is 0.478 e. The highest BCUT2D eigenvalue weighted by Crippen LogP contribution is 2.17. The molecule has 1 atom stereocenters. The lowest BCUT2D eigenvalue weighted by Gasteiger charge is -2.29. The van der Waals surface area contributed by atoms with Crippen molar-refractivity contribution in [2.45, 2.75) is 26.2 Å². The quantitative estimate of drug-likeness (QED) is 0.863. The van der Waals surface area contributed by atoms with Crippen molar-refractivity contribution in [3.8, 4) is 0 Å². The molecule has 1 aromatic rings. The van der Waals surface area contributed by atoms with E-state index in [1.807, 2.05) is 6.92 Å². The van der Waals surface area contributed by atoms with Gasteiger partial charge in [0.1, 0.15) is 5.82 Å². The standard InChI is InChI=1S/C15H23N3O2/c1-3-13-7-12(15(19)20)8-14(17-13)16-9-11-5-4-6-18(2)10-11/h7-8,11H,3-6,9-10H2,1-2H3,(H,16,17)(H,19,20). The summed E-state index contributed by atoms with van der Waals surface area (Å²) in [6.07, 6.45) is 3.18. The maximum atomic E-state index is 11.1. The van der Waals surface area contributed by atoms with E-state index in [0.717, 1.165) is 25.2 Å². The number of pyridine rings is 1. The Labute approximate surface area is 120 Å². The van der Waals surface area contributed by atoms with E-state index in [1.54, 1.807) is 12.1 Å². The summed E-state index contributed by atoms with van der Waals surface area (Å²) in [6, 6.07) is 3.26. The van der Waals surface area contributed by atoms with Gasteiger partial charge in [0.15, 0.2) is 0 Å². The molecule has 2 heterocycles. The van der Waals surface area contributed by atoms with Crippen LogP contribution in [0.1, 0.15) is 35.8 Å². The zero-order valence-corrected chi connectivity index (χ0v) is 12.2. The molecule has 1 aromatic heterocycles.